The number of carbonyl (C=O) groups excluding carboxylic acids is 4. The topological polar surface area (TPSA) is 130 Å². The van der Waals surface area contributed by atoms with E-state index in [1.165, 1.54) is 4.90 Å². The number of hydrogen-bond donors (Lipinski definition) is 3. The zero-order valence-corrected chi connectivity index (χ0v) is 23.9. The molecule has 0 aliphatic carbocycles. The third-order valence-electron chi connectivity index (χ3n) is 6.57. The smallest absolute Gasteiger partial charge is 0.255 e. The Balaban J connectivity index is 1.77. The first-order chi connectivity index (χ1) is 18.7. The van der Waals surface area contributed by atoms with Crippen molar-refractivity contribution in [2.75, 3.05) is 26.2 Å². The van der Waals surface area contributed by atoms with E-state index in [4.69, 9.17) is 4.74 Å². The van der Waals surface area contributed by atoms with Crippen molar-refractivity contribution >= 4 is 35.0 Å². The SMILES string of the molecule is CCN1CC(=O)N[C@@H](C(C)C)COc2ccccc2C(=O)N[C@H](C(=O)NCCCc2nc(C)cs2)CCC1=O. The number of rotatable bonds is 7. The molecule has 4 amide bonds. The molecule has 3 rings (SSSR count). The van der Waals surface area contributed by atoms with Crippen LogP contribution in [0, 0.1) is 12.8 Å². The molecule has 2 heterocycles. The highest BCUT2D eigenvalue weighted by Crippen LogP contribution is 2.20. The van der Waals surface area contributed by atoms with Gasteiger partial charge in [-0.3, -0.25) is 19.2 Å². The van der Waals surface area contributed by atoms with E-state index in [-0.39, 0.29) is 61.2 Å². The number of fused-ring (bicyclic) bond motifs is 1. The molecular weight excluding hydrogens is 518 g/mol. The van der Waals surface area contributed by atoms with Gasteiger partial charge >= 0.3 is 0 Å². The van der Waals surface area contributed by atoms with Crippen LogP contribution < -0.4 is 20.7 Å². The van der Waals surface area contributed by atoms with Crippen LogP contribution in [0.1, 0.15) is 61.1 Å². The normalized spacial score (nSPS) is 19.3. The van der Waals surface area contributed by atoms with Gasteiger partial charge in [0, 0.05) is 37.0 Å². The molecule has 0 spiro atoms. The number of nitrogens with zero attached hydrogens (tertiary/aromatic N) is 2. The zero-order chi connectivity index (χ0) is 28.4. The van der Waals surface area contributed by atoms with E-state index in [9.17, 15) is 19.2 Å². The molecule has 1 aliphatic rings. The maximum atomic E-state index is 13.3. The summed E-state index contributed by atoms with van der Waals surface area (Å²) in [6, 6.07) is 5.53. The average Bonchev–Trinajstić information content (AvgIpc) is 3.33. The number of nitrogens with one attached hydrogen (secondary N) is 3. The maximum absolute atomic E-state index is 13.3. The first-order valence-corrected chi connectivity index (χ1v) is 14.3. The second kappa shape index (κ2) is 14.6. The highest BCUT2D eigenvalue weighted by Gasteiger charge is 2.27. The lowest BCUT2D eigenvalue weighted by molar-refractivity contribution is -0.136. The van der Waals surface area contributed by atoms with Crippen LogP contribution >= 0.6 is 11.3 Å². The van der Waals surface area contributed by atoms with Gasteiger partial charge in [-0.1, -0.05) is 26.0 Å². The number of para-hydroxylation sites is 1. The summed E-state index contributed by atoms with van der Waals surface area (Å²) in [5.41, 5.74) is 1.25. The maximum Gasteiger partial charge on any atom is 0.255 e. The number of benzene rings is 1. The molecule has 39 heavy (non-hydrogen) atoms. The highest BCUT2D eigenvalue weighted by atomic mass is 32.1. The van der Waals surface area contributed by atoms with Gasteiger partial charge in [0.2, 0.25) is 17.7 Å². The lowest BCUT2D eigenvalue weighted by atomic mass is 10.1. The second-order valence-corrected chi connectivity index (χ2v) is 10.9. The standard InChI is InChI=1S/C28H39N5O5S/c1-5-33-15-24(34)31-22(18(2)3)16-38-23-10-7-6-9-20(23)27(36)32-21(12-13-26(33)35)28(37)29-14-8-11-25-30-19(4)17-39-25/h6-7,9-10,17-18,21-22H,5,8,11-16H2,1-4H3,(H,29,37)(H,31,34)(H,32,36)/t21-,22+/m0/s1. The molecule has 1 aromatic heterocycles. The third-order valence-corrected chi connectivity index (χ3v) is 7.60. The second-order valence-electron chi connectivity index (χ2n) is 9.98. The van der Waals surface area contributed by atoms with E-state index >= 15 is 0 Å². The summed E-state index contributed by atoms with van der Waals surface area (Å²) in [5, 5.41) is 11.6. The van der Waals surface area contributed by atoms with Crippen molar-refractivity contribution in [1.82, 2.24) is 25.8 Å². The number of aryl methyl sites for hydroxylation is 2. The van der Waals surface area contributed by atoms with Gasteiger partial charge in [-0.05, 0) is 44.7 Å². The zero-order valence-electron chi connectivity index (χ0n) is 23.1. The molecule has 2 atom stereocenters. The Labute approximate surface area is 233 Å². The summed E-state index contributed by atoms with van der Waals surface area (Å²) < 4.78 is 5.99. The van der Waals surface area contributed by atoms with E-state index in [1.807, 2.05) is 26.2 Å². The number of amides is 4. The summed E-state index contributed by atoms with van der Waals surface area (Å²) in [6.07, 6.45) is 1.54. The van der Waals surface area contributed by atoms with E-state index in [2.05, 4.69) is 20.9 Å². The molecule has 0 fully saturated rings. The van der Waals surface area contributed by atoms with Gasteiger partial charge in [-0.25, -0.2) is 4.98 Å². The Bertz CT molecular complexity index is 1150. The Morgan fingerprint density at radius 1 is 1.23 bits per heavy atom. The summed E-state index contributed by atoms with van der Waals surface area (Å²) in [5.74, 6) is -0.960. The van der Waals surface area contributed by atoms with Crippen molar-refractivity contribution in [3.8, 4) is 5.75 Å². The molecule has 10 nitrogen and oxygen atoms in total. The molecule has 3 N–H and O–H groups in total. The lowest BCUT2D eigenvalue weighted by Crippen LogP contribution is -2.48. The summed E-state index contributed by atoms with van der Waals surface area (Å²) >= 11 is 1.59. The van der Waals surface area contributed by atoms with Crippen LogP contribution in [0.2, 0.25) is 0 Å². The van der Waals surface area contributed by atoms with Gasteiger partial charge < -0.3 is 25.6 Å². The van der Waals surface area contributed by atoms with Gasteiger partial charge in [0.25, 0.3) is 5.91 Å². The van der Waals surface area contributed by atoms with Crippen LogP contribution in [-0.2, 0) is 20.8 Å². The number of likely N-dealkylation sites (N-methyl/N-ethyl adjacent to an activating group) is 1. The Morgan fingerprint density at radius 2 is 2.00 bits per heavy atom. The molecule has 0 saturated heterocycles. The van der Waals surface area contributed by atoms with Crippen LogP contribution in [-0.4, -0.2) is 71.8 Å². The molecule has 1 aliphatic heterocycles. The van der Waals surface area contributed by atoms with Crippen LogP contribution in [0.3, 0.4) is 0 Å². The Morgan fingerprint density at radius 3 is 2.69 bits per heavy atom. The molecule has 0 saturated carbocycles. The molecule has 11 heteroatoms. The average molecular weight is 558 g/mol. The van der Waals surface area contributed by atoms with Crippen molar-refractivity contribution in [3.63, 3.8) is 0 Å². The van der Waals surface area contributed by atoms with Crippen molar-refractivity contribution in [2.24, 2.45) is 5.92 Å². The lowest BCUT2D eigenvalue weighted by Gasteiger charge is -2.25. The number of thiazole rings is 1. The molecular formula is C28H39N5O5S. The number of aromatic nitrogens is 1. The predicted octanol–water partition coefficient (Wildman–Crippen LogP) is 2.46. The van der Waals surface area contributed by atoms with Crippen LogP contribution in [0.25, 0.3) is 0 Å². The van der Waals surface area contributed by atoms with Crippen molar-refractivity contribution in [2.45, 2.75) is 65.5 Å². The predicted molar refractivity (Wildman–Crippen MR) is 150 cm³/mol. The summed E-state index contributed by atoms with van der Waals surface area (Å²) in [7, 11) is 0. The number of hydrogen-bond acceptors (Lipinski definition) is 7. The minimum Gasteiger partial charge on any atom is -0.491 e. The molecule has 0 radical (unpaired) electrons. The van der Waals surface area contributed by atoms with Crippen LogP contribution in [0.5, 0.6) is 5.75 Å². The monoisotopic (exact) mass is 557 g/mol. The Hall–Kier alpha value is -3.47. The van der Waals surface area contributed by atoms with Crippen LogP contribution in [0.15, 0.2) is 29.6 Å². The van der Waals surface area contributed by atoms with Crippen molar-refractivity contribution in [1.29, 1.82) is 0 Å². The fourth-order valence-electron chi connectivity index (χ4n) is 4.19. The Kier molecular flexibility index (Phi) is 11.3. The number of carbonyl (C=O) groups is 4. The fourth-order valence-corrected chi connectivity index (χ4v) is 5.00. The highest BCUT2D eigenvalue weighted by molar-refractivity contribution is 7.09. The molecule has 0 unspecified atom stereocenters. The largest absolute Gasteiger partial charge is 0.491 e. The van der Waals surface area contributed by atoms with E-state index < -0.39 is 11.9 Å². The van der Waals surface area contributed by atoms with Crippen molar-refractivity contribution < 1.29 is 23.9 Å². The van der Waals surface area contributed by atoms with Crippen LogP contribution in [0.4, 0.5) is 0 Å². The van der Waals surface area contributed by atoms with Gasteiger partial charge in [0.1, 0.15) is 18.4 Å². The summed E-state index contributed by atoms with van der Waals surface area (Å²) in [6.45, 7) is 8.49. The third kappa shape index (κ3) is 9.05. The van der Waals surface area contributed by atoms with Gasteiger partial charge in [-0.15, -0.1) is 11.3 Å². The molecule has 2 aromatic rings. The number of ether oxygens (including phenoxy) is 1. The van der Waals surface area contributed by atoms with Gasteiger partial charge in [0.15, 0.2) is 0 Å². The minimum absolute atomic E-state index is 0.00361. The first kappa shape index (κ1) is 30.1. The van der Waals surface area contributed by atoms with Gasteiger partial charge in [0.05, 0.1) is 23.2 Å². The first-order valence-electron chi connectivity index (χ1n) is 13.5. The summed E-state index contributed by atoms with van der Waals surface area (Å²) in [4.78, 5) is 58.1. The van der Waals surface area contributed by atoms with Gasteiger partial charge in [-0.2, -0.15) is 0 Å². The minimum atomic E-state index is -0.933. The van der Waals surface area contributed by atoms with Crippen molar-refractivity contribution in [3.05, 3.63) is 45.9 Å². The molecule has 0 bridgehead atoms. The van der Waals surface area contributed by atoms with E-state index in [0.717, 1.165) is 17.1 Å². The quantitative estimate of drug-likeness (QED) is 0.449. The molecule has 212 valence electrons. The van der Waals surface area contributed by atoms with E-state index in [0.29, 0.717) is 25.3 Å². The molecule has 1 aromatic carbocycles. The van der Waals surface area contributed by atoms with E-state index in [1.54, 1.807) is 42.5 Å². The fraction of sp³-hybridized carbons (Fsp3) is 0.536.